The molecule has 0 aliphatic carbocycles. The van der Waals surface area contributed by atoms with Gasteiger partial charge in [-0.1, -0.05) is 28.9 Å². The van der Waals surface area contributed by atoms with Gasteiger partial charge >= 0.3 is 12.4 Å². The maximum absolute atomic E-state index is 12.6. The number of alkyl halides is 3. The number of likely N-dealkylation sites (tertiary alicyclic amines) is 1. The zero-order chi connectivity index (χ0) is 25.1. The summed E-state index contributed by atoms with van der Waals surface area (Å²) >= 11 is 5.87. The number of piperidine rings is 1. The number of urea groups is 1. The molecule has 2 aromatic carbocycles. The summed E-state index contributed by atoms with van der Waals surface area (Å²) in [7, 11) is 0. The third-order valence-electron chi connectivity index (χ3n) is 5.77. The molecule has 0 unspecified atom stereocenters. The second-order valence-electron chi connectivity index (χ2n) is 8.29. The SMILES string of the molecule is O=C(NCc1ccc(Cl)cc1)C1=NOC2(CCN(C(=O)Nc3ccc(OC(F)(F)F)cc3)CC2)C1. The van der Waals surface area contributed by atoms with Crippen LogP contribution in [0, 0.1) is 0 Å². The molecule has 2 aliphatic rings. The molecule has 2 aromatic rings. The Morgan fingerprint density at radius 3 is 2.37 bits per heavy atom. The van der Waals surface area contributed by atoms with Gasteiger partial charge in [0.25, 0.3) is 5.91 Å². The van der Waals surface area contributed by atoms with Gasteiger partial charge in [-0.3, -0.25) is 4.79 Å². The highest BCUT2D eigenvalue weighted by molar-refractivity contribution is 6.39. The first-order valence-electron chi connectivity index (χ1n) is 10.8. The van der Waals surface area contributed by atoms with Crippen LogP contribution in [-0.4, -0.2) is 47.6 Å². The van der Waals surface area contributed by atoms with Crippen LogP contribution in [0.15, 0.2) is 53.7 Å². The van der Waals surface area contributed by atoms with Crippen molar-refractivity contribution in [1.29, 1.82) is 0 Å². The molecule has 186 valence electrons. The Labute approximate surface area is 204 Å². The van der Waals surface area contributed by atoms with E-state index in [0.717, 1.165) is 17.7 Å². The number of nitrogens with one attached hydrogen (secondary N) is 2. The van der Waals surface area contributed by atoms with E-state index in [4.69, 9.17) is 16.4 Å². The Bertz CT molecular complexity index is 1100. The summed E-state index contributed by atoms with van der Waals surface area (Å²) in [6.45, 7) is 1.08. The molecule has 0 bridgehead atoms. The van der Waals surface area contributed by atoms with Gasteiger partial charge in [-0.2, -0.15) is 0 Å². The first-order chi connectivity index (χ1) is 16.6. The van der Waals surface area contributed by atoms with Gasteiger partial charge in [-0.05, 0) is 42.0 Å². The molecule has 0 atom stereocenters. The first-order valence-corrected chi connectivity index (χ1v) is 11.2. The Morgan fingerprint density at radius 1 is 1.09 bits per heavy atom. The monoisotopic (exact) mass is 510 g/mol. The minimum absolute atomic E-state index is 0.304. The van der Waals surface area contributed by atoms with Crippen LogP contribution in [-0.2, 0) is 16.2 Å². The molecule has 2 heterocycles. The molecule has 0 radical (unpaired) electrons. The molecule has 2 N–H and O–H groups in total. The van der Waals surface area contributed by atoms with Crippen molar-refractivity contribution in [2.45, 2.75) is 37.8 Å². The van der Waals surface area contributed by atoms with Gasteiger partial charge in [0.1, 0.15) is 17.1 Å². The van der Waals surface area contributed by atoms with Crippen molar-refractivity contribution >= 4 is 34.9 Å². The minimum Gasteiger partial charge on any atom is -0.406 e. The molecular formula is C23H22ClF3N4O4. The molecule has 4 rings (SSSR count). The highest BCUT2D eigenvalue weighted by Crippen LogP contribution is 2.35. The predicted molar refractivity (Wildman–Crippen MR) is 122 cm³/mol. The molecule has 0 saturated carbocycles. The lowest BCUT2D eigenvalue weighted by molar-refractivity contribution is -0.274. The molecule has 1 fully saturated rings. The molecule has 12 heteroatoms. The average molecular weight is 511 g/mol. The van der Waals surface area contributed by atoms with Gasteiger partial charge in [0.2, 0.25) is 0 Å². The normalized spacial score (nSPS) is 16.9. The molecule has 8 nitrogen and oxygen atoms in total. The van der Waals surface area contributed by atoms with Crippen molar-refractivity contribution in [2.24, 2.45) is 5.16 Å². The number of hydrogen-bond donors (Lipinski definition) is 2. The van der Waals surface area contributed by atoms with E-state index in [0.29, 0.717) is 55.3 Å². The van der Waals surface area contributed by atoms with Gasteiger partial charge in [0.05, 0.1) is 0 Å². The maximum Gasteiger partial charge on any atom is 0.573 e. The number of oxime groups is 1. The van der Waals surface area contributed by atoms with Gasteiger partial charge in [0.15, 0.2) is 0 Å². The summed E-state index contributed by atoms with van der Waals surface area (Å²) in [4.78, 5) is 32.3. The summed E-state index contributed by atoms with van der Waals surface area (Å²) in [5.41, 5.74) is 0.905. The van der Waals surface area contributed by atoms with Crippen LogP contribution in [0.25, 0.3) is 0 Å². The van der Waals surface area contributed by atoms with E-state index in [-0.39, 0.29) is 17.7 Å². The lowest BCUT2D eigenvalue weighted by atomic mass is 9.87. The number of anilines is 1. The van der Waals surface area contributed by atoms with E-state index in [9.17, 15) is 22.8 Å². The summed E-state index contributed by atoms with van der Waals surface area (Å²) < 4.78 is 40.6. The van der Waals surface area contributed by atoms with Gasteiger partial charge in [0, 0.05) is 49.6 Å². The fourth-order valence-corrected chi connectivity index (χ4v) is 3.98. The second-order valence-corrected chi connectivity index (χ2v) is 8.72. The van der Waals surface area contributed by atoms with Crippen LogP contribution in [0.5, 0.6) is 5.75 Å². The van der Waals surface area contributed by atoms with Crippen molar-refractivity contribution in [3.8, 4) is 5.75 Å². The predicted octanol–water partition coefficient (Wildman–Crippen LogP) is 4.70. The van der Waals surface area contributed by atoms with Gasteiger partial charge in [-0.15, -0.1) is 13.2 Å². The summed E-state index contributed by atoms with van der Waals surface area (Å²) in [6.07, 6.45) is -3.47. The number of amides is 3. The largest absolute Gasteiger partial charge is 0.573 e. The zero-order valence-electron chi connectivity index (χ0n) is 18.4. The van der Waals surface area contributed by atoms with E-state index in [2.05, 4.69) is 20.5 Å². The van der Waals surface area contributed by atoms with Crippen LogP contribution < -0.4 is 15.4 Å². The Balaban J connectivity index is 1.23. The van der Waals surface area contributed by atoms with Crippen LogP contribution >= 0.6 is 11.6 Å². The summed E-state index contributed by atoms with van der Waals surface area (Å²) in [6, 6.07) is 11.6. The molecule has 1 spiro atoms. The lowest BCUT2D eigenvalue weighted by Crippen LogP contribution is -2.48. The Kier molecular flexibility index (Phi) is 7.06. The van der Waals surface area contributed by atoms with Crippen LogP contribution in [0.2, 0.25) is 5.02 Å². The maximum atomic E-state index is 12.6. The van der Waals surface area contributed by atoms with Gasteiger partial charge < -0.3 is 25.1 Å². The minimum atomic E-state index is -4.78. The number of hydrogen-bond acceptors (Lipinski definition) is 5. The van der Waals surface area contributed by atoms with Gasteiger partial charge in [-0.25, -0.2) is 4.79 Å². The van der Waals surface area contributed by atoms with Crippen molar-refractivity contribution < 1.29 is 32.3 Å². The van der Waals surface area contributed by atoms with E-state index in [1.165, 1.54) is 12.1 Å². The standard InChI is InChI=1S/C23H22ClF3N4O4/c24-16-3-1-15(2-4-16)14-28-20(32)19-13-22(35-30-19)9-11-31(12-10-22)21(33)29-17-5-7-18(8-6-17)34-23(25,26)27/h1-8H,9-14H2,(H,28,32)(H,29,33). The second kappa shape index (κ2) is 10.0. The van der Waals surface area contributed by atoms with Crippen molar-refractivity contribution in [3.05, 3.63) is 59.1 Å². The number of rotatable bonds is 5. The molecule has 0 aromatic heterocycles. The Morgan fingerprint density at radius 2 is 1.74 bits per heavy atom. The topological polar surface area (TPSA) is 92.3 Å². The van der Waals surface area contributed by atoms with E-state index in [1.807, 2.05) is 12.1 Å². The number of benzene rings is 2. The van der Waals surface area contributed by atoms with Crippen molar-refractivity contribution in [3.63, 3.8) is 0 Å². The smallest absolute Gasteiger partial charge is 0.406 e. The molecule has 2 aliphatic heterocycles. The van der Waals surface area contributed by atoms with Crippen molar-refractivity contribution in [2.75, 3.05) is 18.4 Å². The Hall–Kier alpha value is -3.47. The van der Waals surface area contributed by atoms with Crippen molar-refractivity contribution in [1.82, 2.24) is 10.2 Å². The van der Waals surface area contributed by atoms with E-state index < -0.39 is 12.0 Å². The lowest BCUT2D eigenvalue weighted by Gasteiger charge is -2.37. The van der Waals surface area contributed by atoms with Crippen LogP contribution in [0.4, 0.5) is 23.7 Å². The number of halogens is 4. The van der Waals surface area contributed by atoms with Crippen LogP contribution in [0.3, 0.4) is 0 Å². The third kappa shape index (κ3) is 6.56. The zero-order valence-corrected chi connectivity index (χ0v) is 19.2. The summed E-state index contributed by atoms with van der Waals surface area (Å²) in [5.74, 6) is -0.684. The number of carbonyl (C=O) groups is 2. The third-order valence-corrected chi connectivity index (χ3v) is 6.02. The quantitative estimate of drug-likeness (QED) is 0.610. The number of carbonyl (C=O) groups excluding carboxylic acids is 2. The molecular weight excluding hydrogens is 489 g/mol. The summed E-state index contributed by atoms with van der Waals surface area (Å²) in [5, 5.41) is 10.1. The number of nitrogens with zero attached hydrogens (tertiary/aromatic N) is 2. The fraction of sp³-hybridized carbons (Fsp3) is 0.348. The van der Waals surface area contributed by atoms with Crippen LogP contribution in [0.1, 0.15) is 24.8 Å². The molecule has 1 saturated heterocycles. The molecule has 35 heavy (non-hydrogen) atoms. The van der Waals surface area contributed by atoms with E-state index >= 15 is 0 Å². The highest BCUT2D eigenvalue weighted by Gasteiger charge is 2.44. The fourth-order valence-electron chi connectivity index (χ4n) is 3.86. The first kappa shape index (κ1) is 24.6. The average Bonchev–Trinajstić information content (AvgIpc) is 3.23. The molecule has 3 amide bonds. The number of ether oxygens (including phenoxy) is 1. The highest BCUT2D eigenvalue weighted by atomic mass is 35.5. The van der Waals surface area contributed by atoms with E-state index in [1.54, 1.807) is 17.0 Å².